The van der Waals surface area contributed by atoms with E-state index >= 15 is 0 Å². The van der Waals surface area contributed by atoms with Gasteiger partial charge in [-0.25, -0.2) is 4.79 Å². The maximum atomic E-state index is 13.5. The molecule has 3 heterocycles. The molecule has 0 saturated heterocycles. The van der Waals surface area contributed by atoms with Crippen molar-refractivity contribution in [3.05, 3.63) is 63.6 Å². The zero-order valence-electron chi connectivity index (χ0n) is 15.7. The average molecular weight is 470 g/mol. The lowest BCUT2D eigenvalue weighted by Crippen LogP contribution is -2.42. The molecule has 31 heavy (non-hydrogen) atoms. The van der Waals surface area contributed by atoms with Crippen LogP contribution in [0.2, 0.25) is 0 Å². The smallest absolute Gasteiger partial charge is 0.416 e. The summed E-state index contributed by atoms with van der Waals surface area (Å²) < 4.78 is 41.6. The summed E-state index contributed by atoms with van der Waals surface area (Å²) in [5, 5.41) is 9.95. The van der Waals surface area contributed by atoms with Crippen LogP contribution in [0, 0.1) is 0 Å². The SMILES string of the molecule is O=C1c2ccccc2CN1C1Cn2c(=O)nc(O)c3cc(C(F)(F)F)cc(c32)[SH](Cl)C1. The highest BCUT2D eigenvalue weighted by Crippen LogP contribution is 2.50. The van der Waals surface area contributed by atoms with Gasteiger partial charge in [0, 0.05) is 29.3 Å². The van der Waals surface area contributed by atoms with Crippen molar-refractivity contribution in [2.45, 2.75) is 30.2 Å². The Kier molecular flexibility index (Phi) is 4.49. The third-order valence-corrected chi connectivity index (χ3v) is 8.24. The third kappa shape index (κ3) is 3.16. The molecule has 1 aromatic heterocycles. The quantitative estimate of drug-likeness (QED) is 0.533. The second kappa shape index (κ2) is 6.89. The van der Waals surface area contributed by atoms with E-state index in [-0.39, 0.29) is 34.0 Å². The Morgan fingerprint density at radius 3 is 2.65 bits per heavy atom. The van der Waals surface area contributed by atoms with Crippen LogP contribution < -0.4 is 5.69 Å². The van der Waals surface area contributed by atoms with E-state index in [1.807, 2.05) is 12.1 Å². The number of amides is 1. The van der Waals surface area contributed by atoms with Crippen LogP contribution in [0.4, 0.5) is 13.2 Å². The van der Waals surface area contributed by atoms with E-state index in [2.05, 4.69) is 4.98 Å². The lowest BCUT2D eigenvalue weighted by Gasteiger charge is -2.28. The normalized spacial score (nSPS) is 21.9. The van der Waals surface area contributed by atoms with Gasteiger partial charge in [0.1, 0.15) is 0 Å². The molecule has 0 spiro atoms. The third-order valence-electron chi connectivity index (χ3n) is 5.68. The Balaban J connectivity index is 1.66. The lowest BCUT2D eigenvalue weighted by atomic mass is 10.1. The molecule has 2 aliphatic rings. The van der Waals surface area contributed by atoms with Gasteiger partial charge in [0.05, 0.1) is 22.5 Å². The van der Waals surface area contributed by atoms with E-state index in [4.69, 9.17) is 10.7 Å². The molecule has 2 atom stereocenters. The van der Waals surface area contributed by atoms with Crippen molar-refractivity contribution in [2.24, 2.45) is 0 Å². The number of carbonyl (C=O) groups is 1. The first-order valence-electron chi connectivity index (χ1n) is 9.32. The first-order chi connectivity index (χ1) is 14.6. The van der Waals surface area contributed by atoms with E-state index in [1.165, 1.54) is 4.57 Å². The summed E-state index contributed by atoms with van der Waals surface area (Å²) in [5.41, 5.74) is -0.244. The molecule has 2 aromatic carbocycles. The number of fused-ring (bicyclic) bond motifs is 1. The molecule has 2 aliphatic heterocycles. The summed E-state index contributed by atoms with van der Waals surface area (Å²) in [6.45, 7) is 0.347. The van der Waals surface area contributed by atoms with Gasteiger partial charge in [0.2, 0.25) is 5.88 Å². The van der Waals surface area contributed by atoms with E-state index in [0.29, 0.717) is 12.1 Å². The van der Waals surface area contributed by atoms with Crippen molar-refractivity contribution >= 4 is 37.6 Å². The Labute approximate surface area is 180 Å². The minimum atomic E-state index is -4.66. The Bertz CT molecular complexity index is 1310. The van der Waals surface area contributed by atoms with Crippen LogP contribution in [0.1, 0.15) is 21.5 Å². The molecule has 0 radical (unpaired) electrons. The number of aromatic nitrogens is 2. The van der Waals surface area contributed by atoms with Crippen molar-refractivity contribution in [1.29, 1.82) is 0 Å². The molecule has 5 rings (SSSR count). The largest absolute Gasteiger partial charge is 0.493 e. The van der Waals surface area contributed by atoms with Crippen LogP contribution in [-0.2, 0) is 19.3 Å². The second-order valence-corrected chi connectivity index (χ2v) is 10.3. The van der Waals surface area contributed by atoms with Gasteiger partial charge in [0.25, 0.3) is 5.91 Å². The zero-order valence-corrected chi connectivity index (χ0v) is 17.4. The molecule has 6 nitrogen and oxygen atoms in total. The monoisotopic (exact) mass is 469 g/mol. The Morgan fingerprint density at radius 2 is 1.94 bits per heavy atom. The minimum Gasteiger partial charge on any atom is -0.493 e. The fraction of sp³-hybridized carbons (Fsp3) is 0.250. The van der Waals surface area contributed by atoms with Gasteiger partial charge in [-0.2, -0.15) is 18.2 Å². The van der Waals surface area contributed by atoms with E-state index < -0.39 is 39.5 Å². The zero-order chi connectivity index (χ0) is 22.1. The van der Waals surface area contributed by atoms with Gasteiger partial charge in [-0.3, -0.25) is 9.36 Å². The predicted octanol–water partition coefficient (Wildman–Crippen LogP) is 3.67. The number of benzene rings is 2. The van der Waals surface area contributed by atoms with Crippen LogP contribution in [0.5, 0.6) is 5.88 Å². The fourth-order valence-electron chi connectivity index (χ4n) is 4.22. The molecule has 1 amide bonds. The summed E-state index contributed by atoms with van der Waals surface area (Å²) >= 11 is 0. The summed E-state index contributed by atoms with van der Waals surface area (Å²) in [4.78, 5) is 30.8. The number of alkyl halides is 3. The number of nitrogens with zero attached hydrogens (tertiary/aromatic N) is 3. The topological polar surface area (TPSA) is 75.4 Å². The van der Waals surface area contributed by atoms with Crippen molar-refractivity contribution < 1.29 is 23.1 Å². The van der Waals surface area contributed by atoms with Crippen molar-refractivity contribution in [2.75, 3.05) is 5.75 Å². The predicted molar refractivity (Wildman–Crippen MR) is 111 cm³/mol. The highest BCUT2D eigenvalue weighted by Gasteiger charge is 2.38. The fourth-order valence-corrected chi connectivity index (χ4v) is 6.71. The van der Waals surface area contributed by atoms with E-state index in [9.17, 15) is 27.9 Å². The van der Waals surface area contributed by atoms with Crippen LogP contribution in [-0.4, -0.2) is 37.3 Å². The number of thiol groups is 1. The number of hydrogen-bond donors (Lipinski definition) is 2. The van der Waals surface area contributed by atoms with Gasteiger partial charge in [-0.05, 0) is 23.8 Å². The highest BCUT2D eigenvalue weighted by molar-refractivity contribution is 8.36. The number of carbonyl (C=O) groups excluding carboxylic acids is 1. The average Bonchev–Trinajstić information content (AvgIpc) is 2.96. The van der Waals surface area contributed by atoms with Crippen LogP contribution in [0.25, 0.3) is 10.9 Å². The maximum absolute atomic E-state index is 13.5. The van der Waals surface area contributed by atoms with Crippen molar-refractivity contribution in [3.8, 4) is 5.88 Å². The second-order valence-electron chi connectivity index (χ2n) is 7.51. The molecule has 0 saturated carbocycles. The number of halogens is 4. The molecule has 11 heteroatoms. The van der Waals surface area contributed by atoms with Crippen molar-refractivity contribution in [1.82, 2.24) is 14.5 Å². The van der Waals surface area contributed by atoms with Crippen molar-refractivity contribution in [3.63, 3.8) is 0 Å². The summed E-state index contributed by atoms with van der Waals surface area (Å²) in [6, 6.07) is 8.32. The number of aromatic hydroxyl groups is 1. The molecule has 1 N–H and O–H groups in total. The van der Waals surface area contributed by atoms with Gasteiger partial charge in [-0.1, -0.05) is 28.9 Å². The standard InChI is InChI=1S/C20H15ClF3N3O3S/c21-31-9-12(26-7-10-3-1-2-4-13(10)18(26)29)8-27-16-14(17(28)25-19(27)30)5-11(6-15(16)31)20(22,23)24/h1-6,12,31H,7-9H2,(H,25,28,30). The number of rotatable bonds is 1. The molecule has 162 valence electrons. The summed E-state index contributed by atoms with van der Waals surface area (Å²) in [5.74, 6) is -0.778. The molecule has 0 bridgehead atoms. The van der Waals surface area contributed by atoms with Gasteiger partial charge in [-0.15, -0.1) is 10.1 Å². The van der Waals surface area contributed by atoms with Gasteiger partial charge in [0.15, 0.2) is 0 Å². The number of hydrogen-bond acceptors (Lipinski definition) is 4. The van der Waals surface area contributed by atoms with E-state index in [1.54, 1.807) is 17.0 Å². The van der Waals surface area contributed by atoms with Gasteiger partial charge < -0.3 is 10.0 Å². The maximum Gasteiger partial charge on any atom is 0.416 e. The van der Waals surface area contributed by atoms with Gasteiger partial charge >= 0.3 is 11.9 Å². The van der Waals surface area contributed by atoms with Crippen LogP contribution in [0.15, 0.2) is 46.1 Å². The molecule has 0 fully saturated rings. The Hall–Kier alpha value is -2.72. The molecular weight excluding hydrogens is 455 g/mol. The molecule has 2 unspecified atom stereocenters. The van der Waals surface area contributed by atoms with Crippen LogP contribution in [0.3, 0.4) is 0 Å². The first-order valence-corrected chi connectivity index (χ1v) is 11.8. The molecule has 0 aliphatic carbocycles. The minimum absolute atomic E-state index is 0.0201. The molecular formula is C20H15ClF3N3O3S. The highest BCUT2D eigenvalue weighted by atomic mass is 35.7. The van der Waals surface area contributed by atoms with E-state index in [0.717, 1.165) is 17.7 Å². The first kappa shape index (κ1) is 20.2. The lowest BCUT2D eigenvalue weighted by molar-refractivity contribution is -0.137. The van der Waals surface area contributed by atoms with Crippen LogP contribution >= 0.6 is 20.8 Å². The summed E-state index contributed by atoms with van der Waals surface area (Å²) in [6.07, 6.45) is -4.66. The Morgan fingerprint density at radius 1 is 1.19 bits per heavy atom. The summed E-state index contributed by atoms with van der Waals surface area (Å²) in [7, 11) is 4.94. The molecule has 3 aromatic rings.